The third-order valence-electron chi connectivity index (χ3n) is 3.30. The number of aliphatic hydroxyl groups excluding tert-OH is 1. The molecule has 0 radical (unpaired) electrons. The predicted molar refractivity (Wildman–Crippen MR) is 73.2 cm³/mol. The summed E-state index contributed by atoms with van der Waals surface area (Å²) in [5.41, 5.74) is 6.59. The first-order chi connectivity index (χ1) is 7.92. The molecule has 1 aromatic carbocycles. The molecule has 0 aromatic heterocycles. The Balaban J connectivity index is 2.91. The molecule has 0 saturated heterocycles. The lowest BCUT2D eigenvalue weighted by Gasteiger charge is -2.31. The van der Waals surface area contributed by atoms with Crippen LogP contribution in [0.15, 0.2) is 22.7 Å². The lowest BCUT2D eigenvalue weighted by Crippen LogP contribution is -2.39. The van der Waals surface area contributed by atoms with E-state index in [-0.39, 0.29) is 5.41 Å². The third kappa shape index (κ3) is 3.44. The molecule has 0 saturated carbocycles. The number of methoxy groups -OCH3 is 1. The van der Waals surface area contributed by atoms with Crippen LogP contribution in [0.4, 0.5) is 0 Å². The number of aliphatic hydroxyl groups is 1. The van der Waals surface area contributed by atoms with Gasteiger partial charge in [-0.3, -0.25) is 0 Å². The zero-order valence-electron chi connectivity index (χ0n) is 10.5. The summed E-state index contributed by atoms with van der Waals surface area (Å²) in [7, 11) is 1.64. The van der Waals surface area contributed by atoms with Gasteiger partial charge in [0.1, 0.15) is 5.75 Å². The topological polar surface area (TPSA) is 55.5 Å². The molecule has 2 unspecified atom stereocenters. The lowest BCUT2D eigenvalue weighted by molar-refractivity contribution is 0.0589. The maximum absolute atomic E-state index is 9.79. The smallest absolute Gasteiger partial charge is 0.133 e. The molecular formula is C13H20BrNO2. The van der Waals surface area contributed by atoms with Crippen molar-refractivity contribution >= 4 is 15.9 Å². The third-order valence-corrected chi connectivity index (χ3v) is 3.92. The van der Waals surface area contributed by atoms with Gasteiger partial charge in [-0.1, -0.05) is 13.0 Å². The Morgan fingerprint density at radius 1 is 1.53 bits per heavy atom. The van der Waals surface area contributed by atoms with Gasteiger partial charge in [0.25, 0.3) is 0 Å². The molecule has 0 aliphatic heterocycles. The van der Waals surface area contributed by atoms with E-state index in [4.69, 9.17) is 10.5 Å². The van der Waals surface area contributed by atoms with Gasteiger partial charge in [-0.2, -0.15) is 0 Å². The Bertz CT molecular complexity index is 382. The van der Waals surface area contributed by atoms with Crippen molar-refractivity contribution in [2.24, 2.45) is 11.1 Å². The van der Waals surface area contributed by atoms with Crippen molar-refractivity contribution in [3.8, 4) is 5.75 Å². The number of ether oxygens (including phenoxy) is 1. The zero-order valence-corrected chi connectivity index (χ0v) is 12.1. The van der Waals surface area contributed by atoms with Crippen LogP contribution in [0.5, 0.6) is 5.75 Å². The van der Waals surface area contributed by atoms with Crippen molar-refractivity contribution in [3.63, 3.8) is 0 Å². The SMILES string of the molecule is COc1ccc(CC(C)(CN)C(C)O)cc1Br. The quantitative estimate of drug-likeness (QED) is 0.878. The van der Waals surface area contributed by atoms with Crippen molar-refractivity contribution < 1.29 is 9.84 Å². The molecule has 1 aromatic rings. The van der Waals surface area contributed by atoms with E-state index in [9.17, 15) is 5.11 Å². The fraction of sp³-hybridized carbons (Fsp3) is 0.538. The summed E-state index contributed by atoms with van der Waals surface area (Å²) in [6.07, 6.45) is 0.303. The van der Waals surface area contributed by atoms with Gasteiger partial charge >= 0.3 is 0 Å². The van der Waals surface area contributed by atoms with Gasteiger partial charge in [0, 0.05) is 12.0 Å². The predicted octanol–water partition coefficient (Wildman–Crippen LogP) is 2.35. The molecule has 0 spiro atoms. The van der Waals surface area contributed by atoms with Crippen molar-refractivity contribution in [2.45, 2.75) is 26.4 Å². The van der Waals surface area contributed by atoms with Gasteiger partial charge in [-0.15, -0.1) is 0 Å². The van der Waals surface area contributed by atoms with Crippen LogP contribution in [0, 0.1) is 5.41 Å². The van der Waals surface area contributed by atoms with Gasteiger partial charge in [-0.25, -0.2) is 0 Å². The van der Waals surface area contributed by atoms with E-state index in [1.165, 1.54) is 0 Å². The summed E-state index contributed by atoms with van der Waals surface area (Å²) in [5.74, 6) is 0.806. The van der Waals surface area contributed by atoms with Gasteiger partial charge in [0.2, 0.25) is 0 Å². The second-order valence-corrected chi connectivity index (χ2v) is 5.53. The fourth-order valence-electron chi connectivity index (χ4n) is 1.68. The van der Waals surface area contributed by atoms with E-state index >= 15 is 0 Å². The number of hydrogen-bond acceptors (Lipinski definition) is 3. The molecule has 1 rings (SSSR count). The Morgan fingerprint density at radius 3 is 2.59 bits per heavy atom. The minimum absolute atomic E-state index is 0.298. The molecule has 3 nitrogen and oxygen atoms in total. The van der Waals surface area contributed by atoms with Crippen LogP contribution < -0.4 is 10.5 Å². The molecule has 2 atom stereocenters. The van der Waals surface area contributed by atoms with E-state index in [0.717, 1.165) is 22.2 Å². The van der Waals surface area contributed by atoms with Crippen molar-refractivity contribution in [1.82, 2.24) is 0 Å². The molecule has 0 aliphatic carbocycles. The molecule has 3 N–H and O–H groups in total. The molecule has 4 heteroatoms. The molecule has 0 bridgehead atoms. The first kappa shape index (κ1) is 14.5. The number of nitrogens with two attached hydrogens (primary N) is 1. The lowest BCUT2D eigenvalue weighted by atomic mass is 9.79. The minimum Gasteiger partial charge on any atom is -0.496 e. The molecule has 0 aliphatic rings. The molecule has 17 heavy (non-hydrogen) atoms. The maximum atomic E-state index is 9.79. The van der Waals surface area contributed by atoms with Crippen LogP contribution in [0.1, 0.15) is 19.4 Å². The zero-order chi connectivity index (χ0) is 13.1. The Hall–Kier alpha value is -0.580. The fourth-order valence-corrected chi connectivity index (χ4v) is 2.26. The second kappa shape index (κ2) is 5.85. The highest BCUT2D eigenvalue weighted by Crippen LogP contribution is 2.30. The minimum atomic E-state index is -0.437. The summed E-state index contributed by atoms with van der Waals surface area (Å²) in [5, 5.41) is 9.79. The van der Waals surface area contributed by atoms with E-state index in [1.54, 1.807) is 14.0 Å². The maximum Gasteiger partial charge on any atom is 0.133 e. The van der Waals surface area contributed by atoms with Crippen molar-refractivity contribution in [1.29, 1.82) is 0 Å². The molecule has 0 fully saturated rings. The number of halogens is 1. The molecule has 0 heterocycles. The van der Waals surface area contributed by atoms with Crippen molar-refractivity contribution in [2.75, 3.05) is 13.7 Å². The van der Waals surface area contributed by atoms with Crippen LogP contribution in [0.25, 0.3) is 0 Å². The average Bonchev–Trinajstić information content (AvgIpc) is 2.29. The molecule has 0 amide bonds. The first-order valence-electron chi connectivity index (χ1n) is 5.63. The van der Waals surface area contributed by atoms with Gasteiger partial charge in [-0.05, 0) is 47.0 Å². The Labute approximate surface area is 111 Å². The Morgan fingerprint density at radius 2 is 2.18 bits per heavy atom. The normalized spacial score (nSPS) is 16.4. The van der Waals surface area contributed by atoms with Gasteiger partial charge in [0.05, 0.1) is 17.7 Å². The number of benzene rings is 1. The average molecular weight is 302 g/mol. The van der Waals surface area contributed by atoms with Crippen LogP contribution >= 0.6 is 15.9 Å². The monoisotopic (exact) mass is 301 g/mol. The van der Waals surface area contributed by atoms with Gasteiger partial charge in [0.15, 0.2) is 0 Å². The van der Waals surface area contributed by atoms with E-state index < -0.39 is 6.10 Å². The molecule has 96 valence electrons. The summed E-state index contributed by atoms with van der Waals surface area (Å²) in [4.78, 5) is 0. The highest BCUT2D eigenvalue weighted by Gasteiger charge is 2.28. The van der Waals surface area contributed by atoms with E-state index in [2.05, 4.69) is 15.9 Å². The van der Waals surface area contributed by atoms with Crippen LogP contribution in [0.2, 0.25) is 0 Å². The highest BCUT2D eigenvalue weighted by atomic mass is 79.9. The summed E-state index contributed by atoms with van der Waals surface area (Å²) in [6.45, 7) is 4.23. The Kier molecular flexibility index (Phi) is 4.98. The highest BCUT2D eigenvalue weighted by molar-refractivity contribution is 9.10. The van der Waals surface area contributed by atoms with Crippen molar-refractivity contribution in [3.05, 3.63) is 28.2 Å². The first-order valence-corrected chi connectivity index (χ1v) is 6.43. The number of rotatable bonds is 5. The standard InChI is InChI=1S/C13H20BrNO2/c1-9(16)13(2,8-15)7-10-4-5-12(17-3)11(14)6-10/h4-6,9,16H,7-8,15H2,1-3H3. The molecular weight excluding hydrogens is 282 g/mol. The van der Waals surface area contributed by atoms with E-state index in [0.29, 0.717) is 6.54 Å². The van der Waals surface area contributed by atoms with Crippen LogP contribution in [-0.2, 0) is 6.42 Å². The largest absolute Gasteiger partial charge is 0.496 e. The number of hydrogen-bond donors (Lipinski definition) is 2. The summed E-state index contributed by atoms with van der Waals surface area (Å²) >= 11 is 3.46. The second-order valence-electron chi connectivity index (χ2n) is 4.68. The van der Waals surface area contributed by atoms with E-state index in [1.807, 2.05) is 25.1 Å². The summed E-state index contributed by atoms with van der Waals surface area (Å²) in [6, 6.07) is 5.92. The summed E-state index contributed by atoms with van der Waals surface area (Å²) < 4.78 is 6.10. The van der Waals surface area contributed by atoms with Gasteiger partial charge < -0.3 is 15.6 Å². The van der Waals surface area contributed by atoms with Crippen LogP contribution in [0.3, 0.4) is 0 Å². The van der Waals surface area contributed by atoms with Crippen LogP contribution in [-0.4, -0.2) is 24.9 Å².